The number of nitrogens with one attached hydrogen (secondary N) is 1. The Morgan fingerprint density at radius 2 is 2.21 bits per heavy atom. The van der Waals surface area contributed by atoms with Crippen molar-refractivity contribution < 1.29 is 9.90 Å². The van der Waals surface area contributed by atoms with Gasteiger partial charge in [0.15, 0.2) is 0 Å². The summed E-state index contributed by atoms with van der Waals surface area (Å²) in [7, 11) is 0. The molecule has 1 saturated carbocycles. The number of amides is 1. The average molecular weight is 200 g/mol. The van der Waals surface area contributed by atoms with Crippen LogP contribution in [-0.2, 0) is 4.79 Å². The Hall–Kier alpha value is -0.610. The van der Waals surface area contributed by atoms with E-state index in [1.807, 2.05) is 13.8 Å². The topological polar surface area (TPSA) is 75.3 Å². The van der Waals surface area contributed by atoms with Crippen LogP contribution in [0.5, 0.6) is 0 Å². The molecule has 1 rings (SSSR count). The number of carbonyl (C=O) groups excluding carboxylic acids is 1. The molecule has 0 aromatic heterocycles. The zero-order valence-corrected chi connectivity index (χ0v) is 8.97. The first-order valence-corrected chi connectivity index (χ1v) is 5.18. The van der Waals surface area contributed by atoms with E-state index in [2.05, 4.69) is 5.32 Å². The molecule has 4 N–H and O–H groups in total. The first-order chi connectivity index (χ1) is 6.46. The molecule has 4 heteroatoms. The van der Waals surface area contributed by atoms with Crippen molar-refractivity contribution in [3.63, 3.8) is 0 Å². The maximum Gasteiger partial charge on any atom is 0.240 e. The van der Waals surface area contributed by atoms with Crippen molar-refractivity contribution in [2.75, 3.05) is 6.61 Å². The summed E-state index contributed by atoms with van der Waals surface area (Å²) in [5, 5.41) is 11.8. The van der Waals surface area contributed by atoms with Gasteiger partial charge in [-0.1, -0.05) is 6.92 Å². The largest absolute Gasteiger partial charge is 0.396 e. The minimum atomic E-state index is -0.619. The molecule has 1 atom stereocenters. The Bertz CT molecular complexity index is 226. The van der Waals surface area contributed by atoms with Crippen LogP contribution in [-0.4, -0.2) is 28.7 Å². The van der Waals surface area contributed by atoms with Crippen molar-refractivity contribution >= 4 is 5.91 Å². The highest BCUT2D eigenvalue weighted by atomic mass is 16.3. The summed E-state index contributed by atoms with van der Waals surface area (Å²) in [5.41, 5.74) is 4.84. The third kappa shape index (κ3) is 2.45. The Balaban J connectivity index is 2.51. The number of carbonyl (C=O) groups is 1. The van der Waals surface area contributed by atoms with Gasteiger partial charge in [-0.25, -0.2) is 0 Å². The molecular formula is C10H20N2O2. The molecule has 0 aromatic rings. The van der Waals surface area contributed by atoms with Crippen molar-refractivity contribution in [3.8, 4) is 0 Å². The molecule has 1 amide bonds. The first-order valence-electron chi connectivity index (χ1n) is 5.18. The van der Waals surface area contributed by atoms with E-state index in [1.165, 1.54) is 0 Å². The lowest BCUT2D eigenvalue weighted by molar-refractivity contribution is -0.125. The van der Waals surface area contributed by atoms with Gasteiger partial charge in [0, 0.05) is 12.1 Å². The van der Waals surface area contributed by atoms with Gasteiger partial charge in [-0.2, -0.15) is 0 Å². The Morgan fingerprint density at radius 3 is 2.57 bits per heavy atom. The van der Waals surface area contributed by atoms with Crippen LogP contribution in [0.3, 0.4) is 0 Å². The standard InChI is InChI=1S/C10H20N2O2/c1-3-9(2,6-7-13)12-8(14)10(11)4-5-10/h13H,3-7,11H2,1-2H3,(H,12,14). The van der Waals surface area contributed by atoms with E-state index in [0.29, 0.717) is 6.42 Å². The highest BCUT2D eigenvalue weighted by Gasteiger charge is 2.47. The van der Waals surface area contributed by atoms with E-state index >= 15 is 0 Å². The molecule has 1 aliphatic rings. The van der Waals surface area contributed by atoms with Crippen LogP contribution in [0.25, 0.3) is 0 Å². The maximum atomic E-state index is 11.7. The zero-order chi connectivity index (χ0) is 10.8. The molecule has 82 valence electrons. The van der Waals surface area contributed by atoms with Gasteiger partial charge >= 0.3 is 0 Å². The van der Waals surface area contributed by atoms with Gasteiger partial charge in [0.2, 0.25) is 5.91 Å². The summed E-state index contributed by atoms with van der Waals surface area (Å²) in [6, 6.07) is 0. The lowest BCUT2D eigenvalue weighted by Crippen LogP contribution is -2.53. The second kappa shape index (κ2) is 3.87. The van der Waals surface area contributed by atoms with Crippen LogP contribution in [0.1, 0.15) is 39.5 Å². The molecule has 1 aliphatic carbocycles. The SMILES string of the molecule is CCC(C)(CCO)NC(=O)C1(N)CC1. The van der Waals surface area contributed by atoms with Crippen molar-refractivity contribution in [1.82, 2.24) is 5.32 Å². The van der Waals surface area contributed by atoms with Crippen LogP contribution in [0.2, 0.25) is 0 Å². The summed E-state index contributed by atoms with van der Waals surface area (Å²) in [4.78, 5) is 11.7. The quantitative estimate of drug-likeness (QED) is 0.591. The Morgan fingerprint density at radius 1 is 1.64 bits per heavy atom. The summed E-state index contributed by atoms with van der Waals surface area (Å²) < 4.78 is 0. The van der Waals surface area contributed by atoms with Crippen LogP contribution in [0.4, 0.5) is 0 Å². The highest BCUT2D eigenvalue weighted by Crippen LogP contribution is 2.33. The van der Waals surface area contributed by atoms with Gasteiger partial charge in [-0.3, -0.25) is 4.79 Å². The number of hydrogen-bond acceptors (Lipinski definition) is 3. The van der Waals surface area contributed by atoms with E-state index < -0.39 is 5.54 Å². The van der Waals surface area contributed by atoms with Gasteiger partial charge in [-0.05, 0) is 32.6 Å². The minimum Gasteiger partial charge on any atom is -0.396 e. The van der Waals surface area contributed by atoms with Crippen LogP contribution < -0.4 is 11.1 Å². The number of aliphatic hydroxyl groups excluding tert-OH is 1. The molecule has 0 saturated heterocycles. The normalized spacial score (nSPS) is 22.6. The summed E-state index contributed by atoms with van der Waals surface area (Å²) >= 11 is 0. The molecule has 0 heterocycles. The Labute approximate surface area is 84.9 Å². The van der Waals surface area contributed by atoms with Crippen molar-refractivity contribution in [3.05, 3.63) is 0 Å². The number of hydrogen-bond donors (Lipinski definition) is 3. The van der Waals surface area contributed by atoms with Crippen LogP contribution in [0, 0.1) is 0 Å². The average Bonchev–Trinajstić information content (AvgIpc) is 2.85. The summed E-state index contributed by atoms with van der Waals surface area (Å²) in [6.07, 6.45) is 2.93. The van der Waals surface area contributed by atoms with Gasteiger partial charge in [0.1, 0.15) is 0 Å². The van der Waals surface area contributed by atoms with E-state index in [1.54, 1.807) is 0 Å². The van der Waals surface area contributed by atoms with Gasteiger partial charge in [0.25, 0.3) is 0 Å². The minimum absolute atomic E-state index is 0.0738. The highest BCUT2D eigenvalue weighted by molar-refractivity contribution is 5.89. The molecule has 0 aliphatic heterocycles. The third-order valence-corrected chi connectivity index (χ3v) is 3.10. The Kier molecular flexibility index (Phi) is 3.17. The predicted molar refractivity (Wildman–Crippen MR) is 54.7 cm³/mol. The van der Waals surface area contributed by atoms with Gasteiger partial charge in [-0.15, -0.1) is 0 Å². The van der Waals surface area contributed by atoms with E-state index in [-0.39, 0.29) is 18.1 Å². The predicted octanol–water partition coefficient (Wildman–Crippen LogP) is 0.145. The third-order valence-electron chi connectivity index (χ3n) is 3.10. The lowest BCUT2D eigenvalue weighted by Gasteiger charge is -2.30. The molecule has 1 fully saturated rings. The van der Waals surface area contributed by atoms with Crippen LogP contribution in [0.15, 0.2) is 0 Å². The molecule has 1 unspecified atom stereocenters. The maximum absolute atomic E-state index is 11.7. The number of nitrogens with two attached hydrogens (primary N) is 1. The van der Waals surface area contributed by atoms with Crippen molar-refractivity contribution in [2.24, 2.45) is 5.73 Å². The molecule has 0 bridgehead atoms. The lowest BCUT2D eigenvalue weighted by atomic mass is 9.94. The van der Waals surface area contributed by atoms with Gasteiger partial charge in [0.05, 0.1) is 5.54 Å². The smallest absolute Gasteiger partial charge is 0.240 e. The fourth-order valence-electron chi connectivity index (χ4n) is 1.33. The fraction of sp³-hybridized carbons (Fsp3) is 0.900. The number of rotatable bonds is 5. The second-order valence-electron chi connectivity index (χ2n) is 4.50. The fourth-order valence-corrected chi connectivity index (χ4v) is 1.33. The molecule has 14 heavy (non-hydrogen) atoms. The summed E-state index contributed by atoms with van der Waals surface area (Å²) in [5.74, 6) is -0.0738. The number of aliphatic hydroxyl groups is 1. The monoisotopic (exact) mass is 200 g/mol. The van der Waals surface area contributed by atoms with Crippen molar-refractivity contribution in [2.45, 2.75) is 50.6 Å². The molecule has 0 spiro atoms. The zero-order valence-electron chi connectivity index (χ0n) is 8.97. The molecule has 4 nitrogen and oxygen atoms in total. The van der Waals surface area contributed by atoms with Gasteiger partial charge < -0.3 is 16.2 Å². The molecular weight excluding hydrogens is 180 g/mol. The van der Waals surface area contributed by atoms with Crippen LogP contribution >= 0.6 is 0 Å². The molecule has 0 radical (unpaired) electrons. The molecule has 0 aromatic carbocycles. The van der Waals surface area contributed by atoms with E-state index in [4.69, 9.17) is 10.8 Å². The second-order valence-corrected chi connectivity index (χ2v) is 4.50. The summed E-state index contributed by atoms with van der Waals surface area (Å²) in [6.45, 7) is 4.01. The van der Waals surface area contributed by atoms with E-state index in [0.717, 1.165) is 19.3 Å². The van der Waals surface area contributed by atoms with E-state index in [9.17, 15) is 4.79 Å². The first kappa shape index (κ1) is 11.5. The van der Waals surface area contributed by atoms with Crippen molar-refractivity contribution in [1.29, 1.82) is 0 Å².